The van der Waals surface area contributed by atoms with E-state index >= 15 is 0 Å². The van der Waals surface area contributed by atoms with Crippen molar-refractivity contribution in [2.45, 2.75) is 32.7 Å². The average molecular weight is 208 g/mol. The van der Waals surface area contributed by atoms with Crippen molar-refractivity contribution < 1.29 is 0 Å². The third-order valence-electron chi connectivity index (χ3n) is 3.08. The summed E-state index contributed by atoms with van der Waals surface area (Å²) in [6.07, 6.45) is 6.12. The fourth-order valence-corrected chi connectivity index (χ4v) is 2.08. The molecule has 1 aromatic heterocycles. The summed E-state index contributed by atoms with van der Waals surface area (Å²) in [6.45, 7) is 6.55. The molecule has 1 saturated heterocycles. The Labute approximate surface area is 91.1 Å². The molecule has 1 aliphatic rings. The maximum atomic E-state index is 5.70. The molecule has 4 heteroatoms. The van der Waals surface area contributed by atoms with E-state index in [2.05, 4.69) is 10.00 Å². The first-order valence-electron chi connectivity index (χ1n) is 5.77. The second-order valence-electron chi connectivity index (χ2n) is 4.36. The fraction of sp³-hybridized carbons (Fsp3) is 0.727. The van der Waals surface area contributed by atoms with Gasteiger partial charge in [0, 0.05) is 18.3 Å². The van der Waals surface area contributed by atoms with Crippen LogP contribution in [0.25, 0.3) is 0 Å². The Bertz CT molecular complexity index is 293. The van der Waals surface area contributed by atoms with Gasteiger partial charge in [0.05, 0.1) is 6.54 Å². The highest BCUT2D eigenvalue weighted by Crippen LogP contribution is 2.09. The molecule has 15 heavy (non-hydrogen) atoms. The molecule has 1 fully saturated rings. The second kappa shape index (κ2) is 4.66. The Hall–Kier alpha value is -1.03. The van der Waals surface area contributed by atoms with Crippen LogP contribution in [0.15, 0.2) is 6.20 Å². The highest BCUT2D eigenvalue weighted by atomic mass is 15.3. The molecular formula is C11H20N4. The number of nitrogens with two attached hydrogens (primary N) is 1. The van der Waals surface area contributed by atoms with Crippen molar-refractivity contribution >= 4 is 5.82 Å². The number of likely N-dealkylation sites (tertiary alicyclic amines) is 1. The summed E-state index contributed by atoms with van der Waals surface area (Å²) < 4.78 is 1.96. The predicted molar refractivity (Wildman–Crippen MR) is 61.7 cm³/mol. The molecule has 0 aromatic carbocycles. The SMILES string of the molecule is Cc1cn(CCN2CCCCC2)nc1N. The Morgan fingerprint density at radius 2 is 2.00 bits per heavy atom. The molecule has 2 N–H and O–H groups in total. The van der Waals surface area contributed by atoms with E-state index in [0.29, 0.717) is 5.82 Å². The molecule has 2 rings (SSSR count). The Morgan fingerprint density at radius 1 is 1.27 bits per heavy atom. The number of hydrogen-bond acceptors (Lipinski definition) is 3. The third kappa shape index (κ3) is 2.72. The van der Waals surface area contributed by atoms with Crippen LogP contribution in [-0.2, 0) is 6.54 Å². The highest BCUT2D eigenvalue weighted by Gasteiger charge is 2.10. The van der Waals surface area contributed by atoms with Gasteiger partial charge in [-0.2, -0.15) is 5.10 Å². The Balaban J connectivity index is 1.81. The molecule has 1 aliphatic heterocycles. The quantitative estimate of drug-likeness (QED) is 0.813. The number of nitrogen functional groups attached to an aromatic ring is 1. The molecule has 0 saturated carbocycles. The topological polar surface area (TPSA) is 47.1 Å². The van der Waals surface area contributed by atoms with Gasteiger partial charge in [0.15, 0.2) is 0 Å². The zero-order chi connectivity index (χ0) is 10.7. The molecule has 0 amide bonds. The predicted octanol–water partition coefficient (Wildman–Crippen LogP) is 1.26. The van der Waals surface area contributed by atoms with E-state index in [0.717, 1.165) is 18.7 Å². The molecule has 0 bridgehead atoms. The Morgan fingerprint density at radius 3 is 2.60 bits per heavy atom. The van der Waals surface area contributed by atoms with Crippen LogP contribution < -0.4 is 5.73 Å². The van der Waals surface area contributed by atoms with Crippen molar-refractivity contribution in [1.29, 1.82) is 0 Å². The second-order valence-corrected chi connectivity index (χ2v) is 4.36. The number of nitrogens with zero attached hydrogens (tertiary/aromatic N) is 3. The first-order valence-corrected chi connectivity index (χ1v) is 5.77. The summed E-state index contributed by atoms with van der Waals surface area (Å²) in [5, 5.41) is 4.26. The summed E-state index contributed by atoms with van der Waals surface area (Å²) in [5.74, 6) is 0.661. The van der Waals surface area contributed by atoms with E-state index in [1.165, 1.54) is 32.4 Å². The number of piperidine rings is 1. The molecule has 0 aliphatic carbocycles. The molecule has 84 valence electrons. The van der Waals surface area contributed by atoms with Crippen LogP contribution in [0.4, 0.5) is 5.82 Å². The van der Waals surface area contributed by atoms with Crippen LogP contribution >= 0.6 is 0 Å². The van der Waals surface area contributed by atoms with Crippen molar-refractivity contribution in [1.82, 2.24) is 14.7 Å². The summed E-state index contributed by atoms with van der Waals surface area (Å²) in [5.41, 5.74) is 6.78. The van der Waals surface area contributed by atoms with Crippen LogP contribution in [0, 0.1) is 6.92 Å². The molecule has 0 unspecified atom stereocenters. The van der Waals surface area contributed by atoms with E-state index in [4.69, 9.17) is 5.73 Å². The van der Waals surface area contributed by atoms with Gasteiger partial charge in [-0.25, -0.2) is 0 Å². The fourth-order valence-electron chi connectivity index (χ4n) is 2.08. The van der Waals surface area contributed by atoms with Gasteiger partial charge in [-0.1, -0.05) is 6.42 Å². The first-order chi connectivity index (χ1) is 7.25. The average Bonchev–Trinajstić information content (AvgIpc) is 2.57. The van der Waals surface area contributed by atoms with Crippen LogP contribution in [0.3, 0.4) is 0 Å². The van der Waals surface area contributed by atoms with E-state index in [1.807, 2.05) is 17.8 Å². The molecule has 2 heterocycles. The lowest BCUT2D eigenvalue weighted by Crippen LogP contribution is -2.32. The highest BCUT2D eigenvalue weighted by molar-refractivity contribution is 5.35. The standard InChI is InChI=1S/C11H20N4/c1-10-9-15(13-11(10)12)8-7-14-5-3-2-4-6-14/h9H,2-8H2,1H3,(H2,12,13). The molecule has 0 spiro atoms. The zero-order valence-electron chi connectivity index (χ0n) is 9.45. The monoisotopic (exact) mass is 208 g/mol. The van der Waals surface area contributed by atoms with Crippen LogP contribution in [-0.4, -0.2) is 34.3 Å². The van der Waals surface area contributed by atoms with Gasteiger partial charge in [0.2, 0.25) is 0 Å². The molecule has 0 atom stereocenters. The number of aromatic nitrogens is 2. The van der Waals surface area contributed by atoms with E-state index in [9.17, 15) is 0 Å². The van der Waals surface area contributed by atoms with Crippen LogP contribution in [0.2, 0.25) is 0 Å². The number of rotatable bonds is 3. The van der Waals surface area contributed by atoms with Crippen molar-refractivity contribution in [3.05, 3.63) is 11.8 Å². The maximum Gasteiger partial charge on any atom is 0.148 e. The summed E-state index contributed by atoms with van der Waals surface area (Å²) in [4.78, 5) is 2.51. The van der Waals surface area contributed by atoms with Crippen LogP contribution in [0.5, 0.6) is 0 Å². The lowest BCUT2D eigenvalue weighted by molar-refractivity contribution is 0.218. The molecular weight excluding hydrogens is 188 g/mol. The van der Waals surface area contributed by atoms with Crippen molar-refractivity contribution in [2.75, 3.05) is 25.4 Å². The first kappa shape index (κ1) is 10.5. The van der Waals surface area contributed by atoms with Gasteiger partial charge < -0.3 is 10.6 Å². The maximum absolute atomic E-state index is 5.70. The number of anilines is 1. The van der Waals surface area contributed by atoms with Gasteiger partial charge in [-0.15, -0.1) is 0 Å². The normalized spacial score (nSPS) is 18.2. The summed E-state index contributed by atoms with van der Waals surface area (Å²) >= 11 is 0. The number of hydrogen-bond donors (Lipinski definition) is 1. The molecule has 0 radical (unpaired) electrons. The zero-order valence-corrected chi connectivity index (χ0v) is 9.45. The lowest BCUT2D eigenvalue weighted by Gasteiger charge is -2.26. The number of aryl methyl sites for hydroxylation is 1. The Kier molecular flexibility index (Phi) is 3.26. The summed E-state index contributed by atoms with van der Waals surface area (Å²) in [7, 11) is 0. The minimum absolute atomic E-state index is 0.661. The van der Waals surface area contributed by atoms with Crippen molar-refractivity contribution in [2.24, 2.45) is 0 Å². The molecule has 1 aromatic rings. The largest absolute Gasteiger partial charge is 0.382 e. The summed E-state index contributed by atoms with van der Waals surface area (Å²) in [6, 6.07) is 0. The molecule has 4 nitrogen and oxygen atoms in total. The van der Waals surface area contributed by atoms with Gasteiger partial charge in [0.25, 0.3) is 0 Å². The van der Waals surface area contributed by atoms with E-state index < -0.39 is 0 Å². The van der Waals surface area contributed by atoms with E-state index in [1.54, 1.807) is 0 Å². The third-order valence-corrected chi connectivity index (χ3v) is 3.08. The smallest absolute Gasteiger partial charge is 0.148 e. The van der Waals surface area contributed by atoms with Gasteiger partial charge in [-0.3, -0.25) is 4.68 Å². The van der Waals surface area contributed by atoms with Gasteiger partial charge in [0.1, 0.15) is 5.82 Å². The minimum atomic E-state index is 0.661. The van der Waals surface area contributed by atoms with Crippen molar-refractivity contribution in [3.63, 3.8) is 0 Å². The van der Waals surface area contributed by atoms with Crippen molar-refractivity contribution in [3.8, 4) is 0 Å². The van der Waals surface area contributed by atoms with Gasteiger partial charge >= 0.3 is 0 Å². The minimum Gasteiger partial charge on any atom is -0.382 e. The van der Waals surface area contributed by atoms with E-state index in [-0.39, 0.29) is 0 Å². The van der Waals surface area contributed by atoms with Crippen LogP contribution in [0.1, 0.15) is 24.8 Å². The lowest BCUT2D eigenvalue weighted by atomic mass is 10.1. The van der Waals surface area contributed by atoms with Gasteiger partial charge in [-0.05, 0) is 32.9 Å².